The maximum atomic E-state index is 8.95. The average Bonchev–Trinajstić information content (AvgIpc) is 2.55. The highest BCUT2D eigenvalue weighted by atomic mass is 16.3. The van der Waals surface area contributed by atoms with Gasteiger partial charge in [-0.3, -0.25) is 0 Å². The monoisotopic (exact) mass is 291 g/mol. The number of nitrogens with one attached hydrogen (secondary N) is 1. The van der Waals surface area contributed by atoms with Gasteiger partial charge < -0.3 is 10.4 Å². The number of rotatable bonds is 5. The zero-order valence-corrected chi connectivity index (χ0v) is 12.4. The molecule has 0 heterocycles. The summed E-state index contributed by atoms with van der Waals surface area (Å²) in [5.74, 6) is 0. The van der Waals surface area contributed by atoms with Crippen LogP contribution in [0.5, 0.6) is 0 Å². The van der Waals surface area contributed by atoms with Crippen LogP contribution in [-0.4, -0.2) is 18.3 Å². The molecule has 0 saturated carbocycles. The maximum absolute atomic E-state index is 8.95. The molecule has 0 aromatic heterocycles. The Morgan fingerprint density at radius 1 is 1.09 bits per heavy atom. The van der Waals surface area contributed by atoms with Crippen LogP contribution in [0.15, 0.2) is 42.0 Å². The molecule has 4 heteroatoms. The van der Waals surface area contributed by atoms with Crippen molar-refractivity contribution < 1.29 is 5.11 Å². The lowest BCUT2D eigenvalue weighted by molar-refractivity contribution is 0.292. The molecular weight excluding hydrogens is 274 g/mol. The first-order valence-corrected chi connectivity index (χ1v) is 7.09. The molecule has 2 N–H and O–H groups in total. The van der Waals surface area contributed by atoms with Crippen LogP contribution in [0.25, 0.3) is 16.3 Å². The predicted molar refractivity (Wildman–Crippen MR) is 88.0 cm³/mol. The molecule has 0 bridgehead atoms. The van der Waals surface area contributed by atoms with Crippen LogP contribution in [0.4, 0.5) is 5.69 Å². The molecule has 2 aromatic rings. The van der Waals surface area contributed by atoms with Crippen LogP contribution in [0.2, 0.25) is 0 Å². The summed E-state index contributed by atoms with van der Waals surface area (Å²) < 4.78 is 0. The SMILES string of the molecule is CC(=C(C#N)C#N)c1ccc2cc(NCCCO)ccc2c1. The fourth-order valence-corrected chi connectivity index (χ4v) is 2.24. The summed E-state index contributed by atoms with van der Waals surface area (Å²) >= 11 is 0. The standard InChI is InChI=1S/C18H17N3O/c1-13(17(11-19)12-20)14-3-4-16-10-18(21-7-2-8-22)6-5-15(16)9-14/h3-6,9-10,21-22H,2,7-8H2,1H3. The first kappa shape index (κ1) is 15.6. The summed E-state index contributed by atoms with van der Waals surface area (Å²) in [6.45, 7) is 2.69. The Bertz CT molecular complexity index is 778. The van der Waals surface area contributed by atoms with Crippen molar-refractivity contribution in [2.45, 2.75) is 13.3 Å². The van der Waals surface area contributed by atoms with Crippen molar-refractivity contribution >= 4 is 22.0 Å². The molecule has 0 aliphatic rings. The number of hydrogen-bond acceptors (Lipinski definition) is 4. The summed E-state index contributed by atoms with van der Waals surface area (Å²) in [6.07, 6.45) is 0.714. The number of fused-ring (bicyclic) bond motifs is 1. The Morgan fingerprint density at radius 2 is 1.77 bits per heavy atom. The summed E-state index contributed by atoms with van der Waals surface area (Å²) in [7, 11) is 0. The Kier molecular flexibility index (Phi) is 5.14. The van der Waals surface area contributed by atoms with E-state index in [1.807, 2.05) is 48.5 Å². The van der Waals surface area contributed by atoms with E-state index in [9.17, 15) is 0 Å². The Hall–Kier alpha value is -2.82. The summed E-state index contributed by atoms with van der Waals surface area (Å²) in [4.78, 5) is 0. The molecule has 0 amide bonds. The third kappa shape index (κ3) is 3.44. The second-order valence-electron chi connectivity index (χ2n) is 5.00. The van der Waals surface area contributed by atoms with E-state index in [0.717, 1.165) is 28.6 Å². The molecule has 0 aliphatic heterocycles. The molecular formula is C18H17N3O. The number of nitrogens with zero attached hydrogens (tertiary/aromatic N) is 2. The van der Waals surface area contributed by atoms with E-state index >= 15 is 0 Å². The molecule has 0 saturated heterocycles. The van der Waals surface area contributed by atoms with Crippen LogP contribution < -0.4 is 5.32 Å². The molecule has 0 atom stereocenters. The van der Waals surface area contributed by atoms with Gasteiger partial charge in [0.15, 0.2) is 0 Å². The fourth-order valence-electron chi connectivity index (χ4n) is 2.24. The van der Waals surface area contributed by atoms with Crippen molar-refractivity contribution in [1.82, 2.24) is 0 Å². The smallest absolute Gasteiger partial charge is 0.133 e. The lowest BCUT2D eigenvalue weighted by atomic mass is 9.99. The van der Waals surface area contributed by atoms with Crippen LogP contribution in [0, 0.1) is 22.7 Å². The lowest BCUT2D eigenvalue weighted by Gasteiger charge is -2.08. The number of aliphatic hydroxyl groups is 1. The number of nitriles is 2. The molecule has 0 spiro atoms. The third-order valence-corrected chi connectivity index (χ3v) is 3.54. The average molecular weight is 291 g/mol. The highest BCUT2D eigenvalue weighted by Crippen LogP contribution is 2.25. The van der Waals surface area contributed by atoms with Crippen molar-refractivity contribution in [1.29, 1.82) is 10.5 Å². The number of hydrogen-bond donors (Lipinski definition) is 2. The number of benzene rings is 2. The second-order valence-corrected chi connectivity index (χ2v) is 5.00. The van der Waals surface area contributed by atoms with E-state index in [4.69, 9.17) is 15.6 Å². The molecule has 0 aliphatic carbocycles. The molecule has 2 aromatic carbocycles. The predicted octanol–water partition coefficient (Wildman–Crippen LogP) is 3.45. The largest absolute Gasteiger partial charge is 0.396 e. The molecule has 110 valence electrons. The van der Waals surface area contributed by atoms with Crippen molar-refractivity contribution in [2.75, 3.05) is 18.5 Å². The lowest BCUT2D eigenvalue weighted by Crippen LogP contribution is -2.03. The van der Waals surface area contributed by atoms with E-state index in [2.05, 4.69) is 5.32 Å². The minimum absolute atomic E-state index is 0.140. The highest BCUT2D eigenvalue weighted by molar-refractivity contribution is 5.89. The van der Waals surface area contributed by atoms with E-state index < -0.39 is 0 Å². The van der Waals surface area contributed by atoms with Crippen LogP contribution >= 0.6 is 0 Å². The third-order valence-electron chi connectivity index (χ3n) is 3.54. The topological polar surface area (TPSA) is 79.8 Å². The van der Waals surface area contributed by atoms with Gasteiger partial charge in [-0.15, -0.1) is 0 Å². The van der Waals surface area contributed by atoms with Gasteiger partial charge in [-0.1, -0.05) is 18.2 Å². The van der Waals surface area contributed by atoms with Crippen molar-refractivity contribution in [2.24, 2.45) is 0 Å². The zero-order chi connectivity index (χ0) is 15.9. The van der Waals surface area contributed by atoms with Crippen molar-refractivity contribution in [3.8, 4) is 12.1 Å². The minimum Gasteiger partial charge on any atom is -0.396 e. The Balaban J connectivity index is 2.34. The van der Waals surface area contributed by atoms with E-state index in [1.54, 1.807) is 6.92 Å². The molecule has 2 rings (SSSR count). The molecule has 0 unspecified atom stereocenters. The number of allylic oxidation sites excluding steroid dienone is 2. The van der Waals surface area contributed by atoms with Gasteiger partial charge in [-0.05, 0) is 53.5 Å². The van der Waals surface area contributed by atoms with Crippen molar-refractivity contribution in [3.63, 3.8) is 0 Å². The first-order chi connectivity index (χ1) is 10.7. The summed E-state index contributed by atoms with van der Waals surface area (Å²) in [6, 6.07) is 15.8. The van der Waals surface area contributed by atoms with Gasteiger partial charge in [-0.25, -0.2) is 0 Å². The fraction of sp³-hybridized carbons (Fsp3) is 0.222. The van der Waals surface area contributed by atoms with Gasteiger partial charge in [0.1, 0.15) is 17.7 Å². The summed E-state index contributed by atoms with van der Waals surface area (Å²) in [5, 5.41) is 32.1. The van der Waals surface area contributed by atoms with Gasteiger partial charge in [0.25, 0.3) is 0 Å². The van der Waals surface area contributed by atoms with Crippen LogP contribution in [-0.2, 0) is 0 Å². The quantitative estimate of drug-likeness (QED) is 0.653. The molecule has 0 fully saturated rings. The van der Waals surface area contributed by atoms with Gasteiger partial charge in [-0.2, -0.15) is 10.5 Å². The van der Waals surface area contributed by atoms with Crippen molar-refractivity contribution in [3.05, 3.63) is 47.5 Å². The first-order valence-electron chi connectivity index (χ1n) is 7.09. The highest BCUT2D eigenvalue weighted by Gasteiger charge is 2.05. The molecule has 0 radical (unpaired) electrons. The normalized spacial score (nSPS) is 9.82. The minimum atomic E-state index is 0.140. The second kappa shape index (κ2) is 7.26. The van der Waals surface area contributed by atoms with E-state index in [-0.39, 0.29) is 12.2 Å². The molecule has 22 heavy (non-hydrogen) atoms. The van der Waals surface area contributed by atoms with Gasteiger partial charge in [0, 0.05) is 18.8 Å². The molecule has 4 nitrogen and oxygen atoms in total. The van der Waals surface area contributed by atoms with Crippen LogP contribution in [0.1, 0.15) is 18.9 Å². The number of aliphatic hydroxyl groups excluding tert-OH is 1. The van der Waals surface area contributed by atoms with Gasteiger partial charge >= 0.3 is 0 Å². The zero-order valence-electron chi connectivity index (χ0n) is 12.4. The Morgan fingerprint density at radius 3 is 2.45 bits per heavy atom. The number of anilines is 1. The van der Waals surface area contributed by atoms with Gasteiger partial charge in [0.2, 0.25) is 0 Å². The van der Waals surface area contributed by atoms with Gasteiger partial charge in [0.05, 0.1) is 0 Å². The van der Waals surface area contributed by atoms with Crippen LogP contribution in [0.3, 0.4) is 0 Å². The van der Waals surface area contributed by atoms with E-state index in [1.165, 1.54) is 0 Å². The maximum Gasteiger partial charge on any atom is 0.133 e. The van der Waals surface area contributed by atoms with E-state index in [0.29, 0.717) is 12.0 Å². The Labute approximate surface area is 129 Å². The summed E-state index contributed by atoms with van der Waals surface area (Å²) in [5.41, 5.74) is 2.72.